The zero-order valence-corrected chi connectivity index (χ0v) is 20.5. The van der Waals surface area contributed by atoms with Crippen molar-refractivity contribution in [3.63, 3.8) is 0 Å². The molecule has 0 amide bonds. The molecule has 3 rings (SSSR count). The van der Waals surface area contributed by atoms with E-state index in [1.54, 1.807) is 43.3 Å². The first-order valence-corrected chi connectivity index (χ1v) is 11.4. The number of rotatable bonds is 10. The quantitative estimate of drug-likeness (QED) is 0.180. The number of aliphatic hydroxyl groups excluding tert-OH is 1. The zero-order chi connectivity index (χ0) is 25.5. The van der Waals surface area contributed by atoms with Crippen LogP contribution in [0.4, 0.5) is 5.82 Å². The van der Waals surface area contributed by atoms with Gasteiger partial charge in [-0.2, -0.15) is 5.10 Å². The van der Waals surface area contributed by atoms with Crippen LogP contribution in [0.2, 0.25) is 0 Å². The van der Waals surface area contributed by atoms with E-state index in [0.29, 0.717) is 28.7 Å². The van der Waals surface area contributed by atoms with Gasteiger partial charge in [0.1, 0.15) is 5.82 Å². The summed E-state index contributed by atoms with van der Waals surface area (Å²) in [6, 6.07) is 13.0. The number of ketones is 1. The van der Waals surface area contributed by atoms with Gasteiger partial charge < -0.3 is 15.2 Å². The van der Waals surface area contributed by atoms with Crippen LogP contribution < -0.4 is 10.1 Å². The average molecular weight is 475 g/mol. The second kappa shape index (κ2) is 11.4. The summed E-state index contributed by atoms with van der Waals surface area (Å²) in [4.78, 5) is 29.6. The molecule has 2 heterocycles. The topological polar surface area (TPSA) is 114 Å². The van der Waals surface area contributed by atoms with Gasteiger partial charge in [-0.1, -0.05) is 38.1 Å². The van der Waals surface area contributed by atoms with Crippen LogP contribution in [0.1, 0.15) is 66.8 Å². The first-order valence-electron chi connectivity index (χ1n) is 11.4. The number of aryl methyl sites for hydroxylation is 1. The first-order chi connectivity index (χ1) is 16.7. The third-order valence-electron chi connectivity index (χ3n) is 5.30. The molecule has 0 radical (unpaired) electrons. The molecule has 2 N–H and O–H groups in total. The average Bonchev–Trinajstić information content (AvgIpc) is 2.84. The fraction of sp³-hybridized carbons (Fsp3) is 0.296. The number of aromatic nitrogens is 3. The molecule has 0 spiro atoms. The van der Waals surface area contributed by atoms with Gasteiger partial charge in [-0.05, 0) is 56.0 Å². The molecular weight excluding hydrogens is 444 g/mol. The number of nitrogens with zero attached hydrogens (tertiary/aromatic N) is 3. The number of hydrogen-bond acceptors (Lipinski definition) is 8. The van der Waals surface area contributed by atoms with E-state index in [9.17, 15) is 14.7 Å². The molecule has 0 aliphatic carbocycles. The lowest BCUT2D eigenvalue weighted by atomic mass is 9.90. The van der Waals surface area contributed by atoms with Gasteiger partial charge in [0.15, 0.2) is 17.8 Å². The first kappa shape index (κ1) is 25.6. The minimum absolute atomic E-state index is 0.0601. The number of benzene rings is 1. The lowest BCUT2D eigenvalue weighted by Gasteiger charge is -2.23. The minimum atomic E-state index is -0.935. The maximum atomic E-state index is 13.6. The molecule has 0 aliphatic heterocycles. The number of carbonyl (C=O) groups excluding carboxylic acids is 2. The van der Waals surface area contributed by atoms with E-state index < -0.39 is 17.6 Å². The Balaban J connectivity index is 2.08. The van der Waals surface area contributed by atoms with Crippen LogP contribution >= 0.6 is 0 Å². The van der Waals surface area contributed by atoms with Gasteiger partial charge >= 0.3 is 0 Å². The summed E-state index contributed by atoms with van der Waals surface area (Å²) in [7, 11) is 0. The molecule has 35 heavy (non-hydrogen) atoms. The van der Waals surface area contributed by atoms with Crippen molar-refractivity contribution >= 4 is 17.9 Å². The summed E-state index contributed by atoms with van der Waals surface area (Å²) >= 11 is 0. The van der Waals surface area contributed by atoms with Crippen LogP contribution in [0.5, 0.6) is 5.88 Å². The standard InChI is InChI=1S/C27H30N4O4/c1-16(2)19-7-9-20(10-8-19)27(34)25(22(33)15-32)26(29-23-12-6-18(5)30-31-23)21-11-13-24(28-14-21)35-17(3)4/h6-17,26,33H,1-5H3,(H,29,31)/b25-22-. The van der Waals surface area contributed by atoms with E-state index in [4.69, 9.17) is 4.74 Å². The lowest BCUT2D eigenvalue weighted by molar-refractivity contribution is -0.107. The lowest BCUT2D eigenvalue weighted by Crippen LogP contribution is -2.23. The second-order valence-corrected chi connectivity index (χ2v) is 8.76. The molecule has 0 aliphatic rings. The summed E-state index contributed by atoms with van der Waals surface area (Å²) in [5, 5.41) is 21.9. The van der Waals surface area contributed by atoms with Crippen molar-refractivity contribution in [3.8, 4) is 5.88 Å². The molecule has 1 unspecified atom stereocenters. The fourth-order valence-electron chi connectivity index (χ4n) is 3.45. The maximum Gasteiger partial charge on any atom is 0.213 e. The summed E-state index contributed by atoms with van der Waals surface area (Å²) in [6.07, 6.45) is 1.73. The number of nitrogens with one attached hydrogen (secondary N) is 1. The number of pyridine rings is 1. The smallest absolute Gasteiger partial charge is 0.213 e. The maximum absolute atomic E-state index is 13.6. The number of hydrogen-bond donors (Lipinski definition) is 2. The highest BCUT2D eigenvalue weighted by Crippen LogP contribution is 2.31. The molecule has 3 aromatic rings. The van der Waals surface area contributed by atoms with Crippen LogP contribution in [0.3, 0.4) is 0 Å². The van der Waals surface area contributed by atoms with Crippen LogP contribution in [0.25, 0.3) is 0 Å². The molecular formula is C27H30N4O4. The Bertz CT molecular complexity index is 1190. The molecule has 182 valence electrons. The summed E-state index contributed by atoms with van der Waals surface area (Å²) < 4.78 is 5.62. The van der Waals surface area contributed by atoms with Crippen molar-refractivity contribution in [3.05, 3.63) is 88.4 Å². The Morgan fingerprint density at radius 3 is 2.17 bits per heavy atom. The molecule has 0 saturated carbocycles. The Kier molecular flexibility index (Phi) is 8.30. The SMILES string of the molecule is Cc1ccc(NC(/C(C(=O)c2ccc(C(C)C)cc2)=C(/O)C=O)c2ccc(OC(C)C)nc2)nn1. The third kappa shape index (κ3) is 6.50. The highest BCUT2D eigenvalue weighted by Gasteiger charge is 2.29. The van der Waals surface area contributed by atoms with Crippen molar-refractivity contribution in [1.29, 1.82) is 0 Å². The Hall–Kier alpha value is -4.07. The fourth-order valence-corrected chi connectivity index (χ4v) is 3.45. The van der Waals surface area contributed by atoms with Crippen LogP contribution in [0, 0.1) is 6.92 Å². The van der Waals surface area contributed by atoms with Crippen molar-refractivity contribution in [1.82, 2.24) is 15.2 Å². The Morgan fingerprint density at radius 1 is 0.971 bits per heavy atom. The highest BCUT2D eigenvalue weighted by molar-refractivity contribution is 6.12. The molecule has 8 nitrogen and oxygen atoms in total. The number of carbonyl (C=O) groups is 2. The van der Waals surface area contributed by atoms with Crippen LogP contribution in [-0.2, 0) is 4.79 Å². The predicted molar refractivity (Wildman–Crippen MR) is 134 cm³/mol. The Labute approximate surface area is 205 Å². The van der Waals surface area contributed by atoms with Gasteiger partial charge in [0, 0.05) is 17.8 Å². The largest absolute Gasteiger partial charge is 0.504 e. The van der Waals surface area contributed by atoms with Crippen molar-refractivity contribution in [2.75, 3.05) is 5.32 Å². The van der Waals surface area contributed by atoms with E-state index in [1.165, 1.54) is 6.20 Å². The van der Waals surface area contributed by atoms with Crippen LogP contribution in [-0.4, -0.2) is 38.5 Å². The number of ether oxygens (including phenoxy) is 1. The van der Waals surface area contributed by atoms with Gasteiger partial charge in [0.05, 0.1) is 23.4 Å². The molecule has 2 aromatic heterocycles. The molecule has 8 heteroatoms. The second-order valence-electron chi connectivity index (χ2n) is 8.76. The minimum Gasteiger partial charge on any atom is -0.504 e. The van der Waals surface area contributed by atoms with Crippen LogP contribution in [0.15, 0.2) is 66.1 Å². The van der Waals surface area contributed by atoms with E-state index in [-0.39, 0.29) is 18.0 Å². The van der Waals surface area contributed by atoms with Gasteiger partial charge in [-0.15, -0.1) is 5.10 Å². The van der Waals surface area contributed by atoms with Crippen molar-refractivity contribution in [2.45, 2.75) is 52.7 Å². The normalized spacial score (nSPS) is 12.8. The molecule has 0 fully saturated rings. The van der Waals surface area contributed by atoms with Gasteiger partial charge in [0.25, 0.3) is 0 Å². The monoisotopic (exact) mass is 474 g/mol. The molecule has 0 saturated heterocycles. The van der Waals surface area contributed by atoms with E-state index in [2.05, 4.69) is 34.3 Å². The number of aliphatic hydroxyl groups is 1. The van der Waals surface area contributed by atoms with Gasteiger partial charge in [-0.25, -0.2) is 4.98 Å². The van der Waals surface area contributed by atoms with Crippen molar-refractivity contribution < 1.29 is 19.4 Å². The molecule has 1 aromatic carbocycles. The summed E-state index contributed by atoms with van der Waals surface area (Å²) in [5.74, 6) is -0.0988. The summed E-state index contributed by atoms with van der Waals surface area (Å²) in [5.41, 5.74) is 2.53. The molecule has 0 bridgehead atoms. The third-order valence-corrected chi connectivity index (χ3v) is 5.30. The predicted octanol–water partition coefficient (Wildman–Crippen LogP) is 5.14. The summed E-state index contributed by atoms with van der Waals surface area (Å²) in [6.45, 7) is 9.70. The number of anilines is 1. The number of allylic oxidation sites excluding steroid dienone is 1. The number of Topliss-reactive ketones (excluding diaryl/α,β-unsaturated/α-hetero) is 1. The van der Waals surface area contributed by atoms with E-state index >= 15 is 0 Å². The van der Waals surface area contributed by atoms with Gasteiger partial charge in [0.2, 0.25) is 5.88 Å². The van der Waals surface area contributed by atoms with E-state index in [1.807, 2.05) is 26.0 Å². The van der Waals surface area contributed by atoms with Gasteiger partial charge in [-0.3, -0.25) is 9.59 Å². The zero-order valence-electron chi connectivity index (χ0n) is 20.5. The number of aldehydes is 1. The molecule has 1 atom stereocenters. The highest BCUT2D eigenvalue weighted by atomic mass is 16.5. The van der Waals surface area contributed by atoms with E-state index in [0.717, 1.165) is 11.3 Å². The Morgan fingerprint density at radius 2 is 1.66 bits per heavy atom. The van der Waals surface area contributed by atoms with Crippen molar-refractivity contribution in [2.24, 2.45) is 0 Å².